The van der Waals surface area contributed by atoms with Gasteiger partial charge < -0.3 is 14.8 Å². The molecule has 0 aliphatic heterocycles. The van der Waals surface area contributed by atoms with E-state index in [2.05, 4.69) is 15.3 Å². The van der Waals surface area contributed by atoms with Crippen molar-refractivity contribution in [3.05, 3.63) is 41.9 Å². The highest BCUT2D eigenvalue weighted by atomic mass is 16.5. The van der Waals surface area contributed by atoms with E-state index in [0.29, 0.717) is 24.1 Å². The second kappa shape index (κ2) is 7.69. The number of amides is 1. The third kappa shape index (κ3) is 5.03. The van der Waals surface area contributed by atoms with E-state index >= 15 is 0 Å². The predicted molar refractivity (Wildman–Crippen MR) is 87.5 cm³/mol. The van der Waals surface area contributed by atoms with Gasteiger partial charge in [-0.15, -0.1) is 0 Å². The van der Waals surface area contributed by atoms with Crippen LogP contribution in [0.15, 0.2) is 30.3 Å². The standard InChI is InChI=1S/C17H21N3O3/c1-11(2)17(21)19-13-5-7-14(8-6-13)23-16-9-12(3)18-15(20-16)10-22-4/h5-9,11H,10H2,1-4H3,(H,19,21). The van der Waals surface area contributed by atoms with Crippen LogP contribution in [0.4, 0.5) is 5.69 Å². The second-order valence-electron chi connectivity index (χ2n) is 5.47. The number of anilines is 1. The highest BCUT2D eigenvalue weighted by molar-refractivity contribution is 5.92. The van der Waals surface area contributed by atoms with Crippen LogP contribution in [-0.2, 0) is 16.1 Å². The molecule has 0 saturated heterocycles. The van der Waals surface area contributed by atoms with Crippen molar-refractivity contribution < 1.29 is 14.3 Å². The van der Waals surface area contributed by atoms with Crippen molar-refractivity contribution in [2.24, 2.45) is 5.92 Å². The fraction of sp³-hybridized carbons (Fsp3) is 0.353. The fourth-order valence-corrected chi connectivity index (χ4v) is 1.86. The number of methoxy groups -OCH3 is 1. The molecule has 122 valence electrons. The van der Waals surface area contributed by atoms with Crippen molar-refractivity contribution >= 4 is 11.6 Å². The summed E-state index contributed by atoms with van der Waals surface area (Å²) in [7, 11) is 1.59. The van der Waals surface area contributed by atoms with E-state index < -0.39 is 0 Å². The molecular weight excluding hydrogens is 294 g/mol. The number of carbonyl (C=O) groups excluding carboxylic acids is 1. The maximum Gasteiger partial charge on any atom is 0.226 e. The first-order chi connectivity index (χ1) is 11.0. The number of aryl methyl sites for hydroxylation is 1. The van der Waals surface area contributed by atoms with Crippen LogP contribution in [0, 0.1) is 12.8 Å². The minimum Gasteiger partial charge on any atom is -0.439 e. The minimum absolute atomic E-state index is 0.0192. The van der Waals surface area contributed by atoms with E-state index in [4.69, 9.17) is 9.47 Å². The van der Waals surface area contributed by atoms with Crippen molar-refractivity contribution in [3.63, 3.8) is 0 Å². The van der Waals surface area contributed by atoms with Gasteiger partial charge in [-0.1, -0.05) is 13.8 Å². The molecule has 1 amide bonds. The Kier molecular flexibility index (Phi) is 5.65. The van der Waals surface area contributed by atoms with Gasteiger partial charge in [0.2, 0.25) is 11.8 Å². The van der Waals surface area contributed by atoms with E-state index in [1.54, 1.807) is 37.4 Å². The lowest BCUT2D eigenvalue weighted by Gasteiger charge is -2.10. The van der Waals surface area contributed by atoms with Crippen LogP contribution in [0.25, 0.3) is 0 Å². The van der Waals surface area contributed by atoms with Crippen LogP contribution in [0.2, 0.25) is 0 Å². The first-order valence-corrected chi connectivity index (χ1v) is 7.40. The van der Waals surface area contributed by atoms with Crippen LogP contribution in [0.1, 0.15) is 25.4 Å². The molecule has 2 aromatic rings. The number of aromatic nitrogens is 2. The minimum atomic E-state index is -0.0610. The summed E-state index contributed by atoms with van der Waals surface area (Å²) in [6.07, 6.45) is 0. The van der Waals surface area contributed by atoms with Crippen LogP contribution in [-0.4, -0.2) is 23.0 Å². The molecule has 1 N–H and O–H groups in total. The molecule has 0 unspecified atom stereocenters. The van der Waals surface area contributed by atoms with Gasteiger partial charge in [0, 0.05) is 30.5 Å². The molecule has 23 heavy (non-hydrogen) atoms. The van der Waals surface area contributed by atoms with E-state index in [0.717, 1.165) is 11.4 Å². The largest absolute Gasteiger partial charge is 0.439 e. The lowest BCUT2D eigenvalue weighted by molar-refractivity contribution is -0.118. The number of ether oxygens (including phenoxy) is 2. The van der Waals surface area contributed by atoms with E-state index in [1.807, 2.05) is 20.8 Å². The Morgan fingerprint density at radius 3 is 2.52 bits per heavy atom. The summed E-state index contributed by atoms with van der Waals surface area (Å²) < 4.78 is 10.8. The van der Waals surface area contributed by atoms with Crippen molar-refractivity contribution in [1.82, 2.24) is 9.97 Å². The zero-order valence-electron chi connectivity index (χ0n) is 13.8. The van der Waals surface area contributed by atoms with Gasteiger partial charge in [0.1, 0.15) is 12.4 Å². The van der Waals surface area contributed by atoms with Gasteiger partial charge in [-0.3, -0.25) is 4.79 Å². The maximum absolute atomic E-state index is 11.7. The Balaban J connectivity index is 2.07. The van der Waals surface area contributed by atoms with E-state index in [9.17, 15) is 4.79 Å². The third-order valence-corrected chi connectivity index (χ3v) is 3.02. The summed E-state index contributed by atoms with van der Waals surface area (Å²) in [6, 6.07) is 8.90. The van der Waals surface area contributed by atoms with Crippen LogP contribution < -0.4 is 10.1 Å². The normalized spacial score (nSPS) is 10.7. The topological polar surface area (TPSA) is 73.3 Å². The van der Waals surface area contributed by atoms with Gasteiger partial charge in [0.05, 0.1) is 0 Å². The molecule has 0 spiro atoms. The molecule has 0 fully saturated rings. The molecule has 0 aliphatic carbocycles. The van der Waals surface area contributed by atoms with Crippen LogP contribution in [0.3, 0.4) is 0 Å². The Morgan fingerprint density at radius 1 is 1.22 bits per heavy atom. The third-order valence-electron chi connectivity index (χ3n) is 3.02. The summed E-state index contributed by atoms with van der Waals surface area (Å²) in [5, 5.41) is 2.83. The summed E-state index contributed by atoms with van der Waals surface area (Å²) >= 11 is 0. The first-order valence-electron chi connectivity index (χ1n) is 7.40. The van der Waals surface area contributed by atoms with Crippen LogP contribution in [0.5, 0.6) is 11.6 Å². The van der Waals surface area contributed by atoms with E-state index in [1.165, 1.54) is 0 Å². The molecule has 0 saturated carbocycles. The Bertz CT molecular complexity index is 669. The van der Waals surface area contributed by atoms with Gasteiger partial charge in [-0.05, 0) is 31.2 Å². The zero-order chi connectivity index (χ0) is 16.8. The monoisotopic (exact) mass is 315 g/mol. The molecule has 6 heteroatoms. The SMILES string of the molecule is COCc1nc(C)cc(Oc2ccc(NC(=O)C(C)C)cc2)n1. The molecule has 6 nitrogen and oxygen atoms in total. The van der Waals surface area contributed by atoms with Gasteiger partial charge in [0.25, 0.3) is 0 Å². The average molecular weight is 315 g/mol. The molecule has 0 aliphatic rings. The highest BCUT2D eigenvalue weighted by Gasteiger charge is 2.08. The maximum atomic E-state index is 11.7. The van der Waals surface area contributed by atoms with Gasteiger partial charge in [-0.2, -0.15) is 4.98 Å². The number of nitrogens with one attached hydrogen (secondary N) is 1. The van der Waals surface area contributed by atoms with Crippen molar-refractivity contribution in [1.29, 1.82) is 0 Å². The second-order valence-corrected chi connectivity index (χ2v) is 5.47. The zero-order valence-corrected chi connectivity index (χ0v) is 13.8. The van der Waals surface area contributed by atoms with Crippen LogP contribution >= 0.6 is 0 Å². The molecule has 1 aromatic heterocycles. The van der Waals surface area contributed by atoms with Crippen molar-refractivity contribution in [3.8, 4) is 11.6 Å². The number of carbonyl (C=O) groups is 1. The highest BCUT2D eigenvalue weighted by Crippen LogP contribution is 2.22. The number of benzene rings is 1. The van der Waals surface area contributed by atoms with Crippen molar-refractivity contribution in [2.45, 2.75) is 27.4 Å². The number of hydrogen-bond donors (Lipinski definition) is 1. The summed E-state index contributed by atoms with van der Waals surface area (Å²) in [4.78, 5) is 20.2. The lowest BCUT2D eigenvalue weighted by Crippen LogP contribution is -2.17. The molecule has 2 rings (SSSR count). The molecular formula is C17H21N3O3. The predicted octanol–water partition coefficient (Wildman–Crippen LogP) is 3.32. The summed E-state index contributed by atoms with van der Waals surface area (Å²) in [5.41, 5.74) is 1.54. The smallest absolute Gasteiger partial charge is 0.226 e. The first kappa shape index (κ1) is 16.9. The van der Waals surface area contributed by atoms with Crippen molar-refractivity contribution in [2.75, 3.05) is 12.4 Å². The lowest BCUT2D eigenvalue weighted by atomic mass is 10.2. The fourth-order valence-electron chi connectivity index (χ4n) is 1.86. The average Bonchev–Trinajstić information content (AvgIpc) is 2.49. The Labute approximate surface area is 135 Å². The molecule has 1 heterocycles. The Hall–Kier alpha value is -2.47. The summed E-state index contributed by atoms with van der Waals surface area (Å²) in [6.45, 7) is 5.90. The molecule has 1 aromatic carbocycles. The van der Waals surface area contributed by atoms with Gasteiger partial charge in [-0.25, -0.2) is 4.98 Å². The molecule has 0 atom stereocenters. The number of nitrogens with zero attached hydrogens (tertiary/aromatic N) is 2. The number of hydrogen-bond acceptors (Lipinski definition) is 5. The number of rotatable bonds is 6. The summed E-state index contributed by atoms with van der Waals surface area (Å²) in [5.74, 6) is 1.59. The quantitative estimate of drug-likeness (QED) is 0.885. The van der Waals surface area contributed by atoms with Gasteiger partial charge >= 0.3 is 0 Å². The van der Waals surface area contributed by atoms with Gasteiger partial charge in [0.15, 0.2) is 5.82 Å². The molecule has 0 bridgehead atoms. The molecule has 0 radical (unpaired) electrons. The van der Waals surface area contributed by atoms with E-state index in [-0.39, 0.29) is 11.8 Å². The Morgan fingerprint density at radius 2 is 1.91 bits per heavy atom.